The SMILES string of the molecule is Cc1ccc(O)c(P(=O)(O)O)c1C. The van der Waals surface area contributed by atoms with E-state index in [1.54, 1.807) is 19.9 Å². The molecule has 72 valence electrons. The predicted octanol–water partition coefficient (Wildman–Crippen LogP) is 0.812. The molecule has 0 spiro atoms. The number of phenols is 1. The second kappa shape index (κ2) is 3.14. The summed E-state index contributed by atoms with van der Waals surface area (Å²) in [6, 6.07) is 2.90. The van der Waals surface area contributed by atoms with Gasteiger partial charge in [0.2, 0.25) is 0 Å². The first-order valence-electron chi connectivity index (χ1n) is 3.69. The van der Waals surface area contributed by atoms with E-state index in [1.165, 1.54) is 6.07 Å². The Hall–Kier alpha value is -0.830. The van der Waals surface area contributed by atoms with Crippen LogP contribution in [0, 0.1) is 13.8 Å². The molecule has 3 N–H and O–H groups in total. The molecule has 0 bridgehead atoms. The molecule has 0 atom stereocenters. The Morgan fingerprint density at radius 2 is 1.77 bits per heavy atom. The average molecular weight is 202 g/mol. The first-order valence-corrected chi connectivity index (χ1v) is 5.30. The van der Waals surface area contributed by atoms with Crippen LogP contribution in [0.25, 0.3) is 0 Å². The molecule has 1 rings (SSSR count). The van der Waals surface area contributed by atoms with Crippen LogP contribution in [0.3, 0.4) is 0 Å². The molecular weight excluding hydrogens is 191 g/mol. The van der Waals surface area contributed by atoms with Crippen LogP contribution in [0.15, 0.2) is 12.1 Å². The Morgan fingerprint density at radius 1 is 1.23 bits per heavy atom. The molecule has 13 heavy (non-hydrogen) atoms. The number of benzene rings is 1. The van der Waals surface area contributed by atoms with Crippen molar-refractivity contribution >= 4 is 12.9 Å². The van der Waals surface area contributed by atoms with Crippen LogP contribution in [-0.2, 0) is 4.57 Å². The molecular formula is C8H11O4P. The van der Waals surface area contributed by atoms with Crippen molar-refractivity contribution in [2.24, 2.45) is 0 Å². The van der Waals surface area contributed by atoms with Gasteiger partial charge in [-0.15, -0.1) is 0 Å². The van der Waals surface area contributed by atoms with E-state index in [1.807, 2.05) is 0 Å². The zero-order valence-electron chi connectivity index (χ0n) is 7.35. The number of aromatic hydroxyl groups is 1. The number of aryl methyl sites for hydroxylation is 1. The number of hydrogen-bond acceptors (Lipinski definition) is 2. The minimum Gasteiger partial charge on any atom is -0.507 e. The molecule has 0 aliphatic carbocycles. The topological polar surface area (TPSA) is 77.8 Å². The van der Waals surface area contributed by atoms with Gasteiger partial charge in [0, 0.05) is 0 Å². The van der Waals surface area contributed by atoms with E-state index in [-0.39, 0.29) is 11.1 Å². The zero-order chi connectivity index (χ0) is 10.2. The Labute approximate surface area is 76.0 Å². The maximum absolute atomic E-state index is 11.0. The summed E-state index contributed by atoms with van der Waals surface area (Å²) in [4.78, 5) is 17.9. The van der Waals surface area contributed by atoms with Crippen molar-refractivity contribution in [3.8, 4) is 5.75 Å². The maximum Gasteiger partial charge on any atom is 0.360 e. The van der Waals surface area contributed by atoms with Crippen LogP contribution in [0.2, 0.25) is 0 Å². The van der Waals surface area contributed by atoms with Crippen LogP contribution < -0.4 is 5.30 Å². The molecule has 0 aromatic heterocycles. The highest BCUT2D eigenvalue weighted by Gasteiger charge is 2.24. The molecule has 0 aliphatic rings. The van der Waals surface area contributed by atoms with Crippen molar-refractivity contribution in [2.75, 3.05) is 0 Å². The average Bonchev–Trinajstić information content (AvgIpc) is 1.95. The molecule has 1 aromatic rings. The summed E-state index contributed by atoms with van der Waals surface area (Å²) < 4.78 is 11.0. The lowest BCUT2D eigenvalue weighted by Gasteiger charge is -2.11. The van der Waals surface area contributed by atoms with Gasteiger partial charge in [0.25, 0.3) is 0 Å². The van der Waals surface area contributed by atoms with E-state index in [0.29, 0.717) is 5.56 Å². The van der Waals surface area contributed by atoms with Crippen molar-refractivity contribution in [1.29, 1.82) is 0 Å². The number of hydrogen-bond donors (Lipinski definition) is 3. The first kappa shape index (κ1) is 10.3. The maximum atomic E-state index is 11.0. The predicted molar refractivity (Wildman–Crippen MR) is 49.3 cm³/mol. The second-order valence-electron chi connectivity index (χ2n) is 2.92. The monoisotopic (exact) mass is 202 g/mol. The van der Waals surface area contributed by atoms with Gasteiger partial charge in [0.1, 0.15) is 11.1 Å². The fraction of sp³-hybridized carbons (Fsp3) is 0.250. The van der Waals surface area contributed by atoms with E-state index in [0.717, 1.165) is 5.56 Å². The molecule has 4 nitrogen and oxygen atoms in total. The van der Waals surface area contributed by atoms with Gasteiger partial charge in [-0.05, 0) is 31.0 Å². The van der Waals surface area contributed by atoms with E-state index in [9.17, 15) is 9.67 Å². The summed E-state index contributed by atoms with van der Waals surface area (Å²) in [5.74, 6) is -0.351. The van der Waals surface area contributed by atoms with Crippen molar-refractivity contribution in [3.63, 3.8) is 0 Å². The van der Waals surface area contributed by atoms with Gasteiger partial charge in [-0.3, -0.25) is 4.57 Å². The summed E-state index contributed by atoms with van der Waals surface area (Å²) in [7, 11) is -4.37. The fourth-order valence-corrected chi connectivity index (χ4v) is 2.14. The lowest BCUT2D eigenvalue weighted by molar-refractivity contribution is 0.384. The largest absolute Gasteiger partial charge is 0.507 e. The van der Waals surface area contributed by atoms with E-state index in [4.69, 9.17) is 9.79 Å². The van der Waals surface area contributed by atoms with Gasteiger partial charge in [-0.2, -0.15) is 0 Å². The number of phenolic OH excluding ortho intramolecular Hbond substituents is 1. The third kappa shape index (κ3) is 1.91. The van der Waals surface area contributed by atoms with Crippen LogP contribution >= 0.6 is 7.60 Å². The van der Waals surface area contributed by atoms with E-state index >= 15 is 0 Å². The minimum absolute atomic E-state index is 0.271. The van der Waals surface area contributed by atoms with Gasteiger partial charge in [-0.1, -0.05) is 6.07 Å². The van der Waals surface area contributed by atoms with E-state index < -0.39 is 7.60 Å². The van der Waals surface area contributed by atoms with Crippen LogP contribution in [0.5, 0.6) is 5.75 Å². The highest BCUT2D eigenvalue weighted by Crippen LogP contribution is 2.39. The van der Waals surface area contributed by atoms with Crippen LogP contribution in [0.4, 0.5) is 0 Å². The lowest BCUT2D eigenvalue weighted by atomic mass is 10.1. The molecule has 0 fully saturated rings. The molecule has 0 unspecified atom stereocenters. The Kier molecular flexibility index (Phi) is 2.48. The van der Waals surface area contributed by atoms with Gasteiger partial charge >= 0.3 is 7.60 Å². The third-order valence-electron chi connectivity index (χ3n) is 1.97. The highest BCUT2D eigenvalue weighted by molar-refractivity contribution is 7.60. The third-order valence-corrected chi connectivity index (χ3v) is 3.12. The van der Waals surface area contributed by atoms with Gasteiger partial charge in [-0.25, -0.2) is 0 Å². The van der Waals surface area contributed by atoms with Crippen LogP contribution in [-0.4, -0.2) is 14.9 Å². The summed E-state index contributed by atoms with van der Waals surface area (Å²) in [5, 5.41) is 8.99. The molecule has 0 heterocycles. The van der Waals surface area contributed by atoms with Crippen LogP contribution in [0.1, 0.15) is 11.1 Å². The van der Waals surface area contributed by atoms with Gasteiger partial charge < -0.3 is 14.9 Å². The lowest BCUT2D eigenvalue weighted by Crippen LogP contribution is -2.10. The molecule has 0 saturated heterocycles. The van der Waals surface area contributed by atoms with Gasteiger partial charge in [0.05, 0.1) is 0 Å². The Balaban J connectivity index is 3.52. The number of rotatable bonds is 1. The first-order chi connectivity index (χ1) is 5.84. The van der Waals surface area contributed by atoms with Crippen molar-refractivity contribution in [1.82, 2.24) is 0 Å². The molecule has 5 heteroatoms. The van der Waals surface area contributed by atoms with Gasteiger partial charge in [0.15, 0.2) is 0 Å². The Bertz CT molecular complexity index is 380. The molecule has 1 aromatic carbocycles. The summed E-state index contributed by atoms with van der Waals surface area (Å²) >= 11 is 0. The standard InChI is InChI=1S/C8H11O4P/c1-5-3-4-7(9)8(6(5)2)13(10,11)12/h3-4,9H,1-2H3,(H2,10,11,12). The molecule has 0 aliphatic heterocycles. The summed E-state index contributed by atoms with van der Waals surface area (Å²) in [5.41, 5.74) is 1.18. The Morgan fingerprint density at radius 3 is 2.15 bits per heavy atom. The summed E-state index contributed by atoms with van der Waals surface area (Å²) in [6.45, 7) is 3.30. The quantitative estimate of drug-likeness (QED) is 0.589. The van der Waals surface area contributed by atoms with Crippen molar-refractivity contribution < 1.29 is 19.5 Å². The minimum atomic E-state index is -4.37. The smallest absolute Gasteiger partial charge is 0.360 e. The second-order valence-corrected chi connectivity index (χ2v) is 4.45. The van der Waals surface area contributed by atoms with Crippen molar-refractivity contribution in [2.45, 2.75) is 13.8 Å². The fourth-order valence-electron chi connectivity index (χ4n) is 1.15. The normalized spacial score (nSPS) is 11.7. The molecule has 0 amide bonds. The molecule has 0 radical (unpaired) electrons. The molecule has 0 saturated carbocycles. The zero-order valence-corrected chi connectivity index (χ0v) is 8.25. The van der Waals surface area contributed by atoms with Crippen molar-refractivity contribution in [3.05, 3.63) is 23.3 Å². The van der Waals surface area contributed by atoms with E-state index in [2.05, 4.69) is 0 Å². The summed E-state index contributed by atoms with van der Waals surface area (Å²) in [6.07, 6.45) is 0. The highest BCUT2D eigenvalue weighted by atomic mass is 31.2.